The minimum atomic E-state index is -0.552. The summed E-state index contributed by atoms with van der Waals surface area (Å²) in [5.41, 5.74) is 2.58. The molecule has 1 N–H and O–H groups in total. The highest BCUT2D eigenvalue weighted by Gasteiger charge is 2.05. The van der Waals surface area contributed by atoms with Crippen molar-refractivity contribution in [1.82, 2.24) is 5.48 Å². The molecule has 15 heavy (non-hydrogen) atoms. The summed E-state index contributed by atoms with van der Waals surface area (Å²) in [5, 5.41) is 0. The van der Waals surface area contributed by atoms with Gasteiger partial charge in [-0.3, -0.25) is 9.63 Å². The molecule has 0 heterocycles. The van der Waals surface area contributed by atoms with Gasteiger partial charge in [-0.2, -0.15) is 0 Å². The number of carbonyl (C=O) groups is 2. The van der Waals surface area contributed by atoms with E-state index in [4.69, 9.17) is 0 Å². The molecule has 0 saturated carbocycles. The number of esters is 1. The fraction of sp³-hybridized carbons (Fsp3) is 0.200. The van der Waals surface area contributed by atoms with Crippen LogP contribution in [-0.2, 0) is 14.4 Å². The summed E-state index contributed by atoms with van der Waals surface area (Å²) >= 11 is 0. The van der Waals surface area contributed by atoms with Gasteiger partial charge in [0.25, 0.3) is 5.91 Å². The second kappa shape index (κ2) is 5.77. The summed E-state index contributed by atoms with van der Waals surface area (Å²) in [6.45, 7) is -0.310. The van der Waals surface area contributed by atoms with E-state index in [0.717, 1.165) is 0 Å². The lowest BCUT2D eigenvalue weighted by Crippen LogP contribution is -2.27. The third-order valence-electron chi connectivity index (χ3n) is 1.62. The highest BCUT2D eigenvalue weighted by molar-refractivity contribution is 5.93. The Morgan fingerprint density at radius 2 is 1.93 bits per heavy atom. The highest BCUT2D eigenvalue weighted by atomic mass is 16.7. The smallest absolute Gasteiger partial charge is 0.334 e. The third kappa shape index (κ3) is 3.78. The molecule has 80 valence electrons. The molecule has 0 fully saturated rings. The van der Waals surface area contributed by atoms with Crippen molar-refractivity contribution in [2.75, 3.05) is 13.7 Å². The van der Waals surface area contributed by atoms with Crippen LogP contribution in [0.4, 0.5) is 0 Å². The van der Waals surface area contributed by atoms with Crippen LogP contribution in [0, 0.1) is 0 Å². The van der Waals surface area contributed by atoms with E-state index < -0.39 is 11.9 Å². The Morgan fingerprint density at radius 1 is 1.27 bits per heavy atom. The number of hydrogen-bond acceptors (Lipinski definition) is 4. The van der Waals surface area contributed by atoms with Gasteiger partial charge in [0.15, 0.2) is 6.61 Å². The van der Waals surface area contributed by atoms with E-state index in [0.29, 0.717) is 5.56 Å². The largest absolute Gasteiger partial charge is 0.467 e. The van der Waals surface area contributed by atoms with Gasteiger partial charge in [-0.15, -0.1) is 0 Å². The van der Waals surface area contributed by atoms with Crippen LogP contribution in [0.1, 0.15) is 10.4 Å². The zero-order chi connectivity index (χ0) is 11.1. The van der Waals surface area contributed by atoms with Crippen LogP contribution in [0.3, 0.4) is 0 Å². The number of rotatable bonds is 4. The van der Waals surface area contributed by atoms with Gasteiger partial charge in [0.1, 0.15) is 0 Å². The van der Waals surface area contributed by atoms with Crippen LogP contribution in [0.15, 0.2) is 30.3 Å². The second-order valence-electron chi connectivity index (χ2n) is 2.66. The number of hydroxylamine groups is 1. The van der Waals surface area contributed by atoms with Gasteiger partial charge in [0.05, 0.1) is 7.11 Å². The maximum Gasteiger partial charge on any atom is 0.334 e. The number of amides is 1. The lowest BCUT2D eigenvalue weighted by Gasteiger charge is -2.04. The van der Waals surface area contributed by atoms with E-state index in [1.807, 2.05) is 0 Å². The SMILES string of the molecule is COC(=O)CONC(=O)c1ccccc1. The van der Waals surface area contributed by atoms with Crippen LogP contribution in [0.25, 0.3) is 0 Å². The number of methoxy groups -OCH3 is 1. The van der Waals surface area contributed by atoms with Crippen LogP contribution >= 0.6 is 0 Å². The number of benzene rings is 1. The van der Waals surface area contributed by atoms with Gasteiger partial charge in [-0.25, -0.2) is 10.3 Å². The first-order valence-electron chi connectivity index (χ1n) is 4.28. The fourth-order valence-corrected chi connectivity index (χ4v) is 0.868. The van der Waals surface area contributed by atoms with Crippen molar-refractivity contribution in [2.24, 2.45) is 0 Å². The first kappa shape index (κ1) is 11.2. The topological polar surface area (TPSA) is 64.6 Å². The van der Waals surface area contributed by atoms with Crippen molar-refractivity contribution in [3.8, 4) is 0 Å². The van der Waals surface area contributed by atoms with E-state index in [2.05, 4.69) is 15.1 Å². The molecule has 0 aliphatic carbocycles. The van der Waals surface area contributed by atoms with Gasteiger partial charge in [0, 0.05) is 5.56 Å². The van der Waals surface area contributed by atoms with E-state index >= 15 is 0 Å². The molecule has 0 radical (unpaired) electrons. The van der Waals surface area contributed by atoms with Crippen LogP contribution in [0.2, 0.25) is 0 Å². The molecule has 0 bridgehead atoms. The molecule has 0 unspecified atom stereocenters. The molecule has 1 aromatic rings. The van der Waals surface area contributed by atoms with Gasteiger partial charge in [-0.05, 0) is 12.1 Å². The molecule has 5 nitrogen and oxygen atoms in total. The van der Waals surface area contributed by atoms with Crippen molar-refractivity contribution in [1.29, 1.82) is 0 Å². The summed E-state index contributed by atoms with van der Waals surface area (Å²) in [5.74, 6) is -0.956. The predicted octanol–water partition coefficient (Wildman–Crippen LogP) is 0.521. The summed E-state index contributed by atoms with van der Waals surface area (Å²) in [6, 6.07) is 8.53. The van der Waals surface area contributed by atoms with Crippen LogP contribution < -0.4 is 5.48 Å². The van der Waals surface area contributed by atoms with Crippen molar-refractivity contribution in [3.63, 3.8) is 0 Å². The molecule has 0 aromatic heterocycles. The van der Waals surface area contributed by atoms with Crippen LogP contribution in [-0.4, -0.2) is 25.6 Å². The predicted molar refractivity (Wildman–Crippen MR) is 51.9 cm³/mol. The maximum absolute atomic E-state index is 11.3. The first-order chi connectivity index (χ1) is 7.24. The molecule has 1 aromatic carbocycles. The molecule has 5 heteroatoms. The summed E-state index contributed by atoms with van der Waals surface area (Å²) < 4.78 is 4.32. The molecule has 0 saturated heterocycles. The standard InChI is InChI=1S/C10H11NO4/c1-14-9(12)7-15-11-10(13)8-5-3-2-4-6-8/h2-6H,7H2,1H3,(H,11,13). The lowest BCUT2D eigenvalue weighted by atomic mass is 10.2. The highest BCUT2D eigenvalue weighted by Crippen LogP contribution is 1.97. The summed E-state index contributed by atoms with van der Waals surface area (Å²) in [4.78, 5) is 26.6. The monoisotopic (exact) mass is 209 g/mol. The van der Waals surface area contributed by atoms with E-state index in [9.17, 15) is 9.59 Å². The van der Waals surface area contributed by atoms with E-state index in [1.165, 1.54) is 7.11 Å². The zero-order valence-electron chi connectivity index (χ0n) is 8.23. The van der Waals surface area contributed by atoms with Crippen molar-refractivity contribution in [3.05, 3.63) is 35.9 Å². The third-order valence-corrected chi connectivity index (χ3v) is 1.62. The Bertz CT molecular complexity index is 337. The maximum atomic E-state index is 11.3. The number of ether oxygens (including phenoxy) is 1. The summed E-state index contributed by atoms with van der Waals surface area (Å²) in [7, 11) is 1.24. The molecule has 0 atom stereocenters. The molecule has 1 rings (SSSR count). The fourth-order valence-electron chi connectivity index (χ4n) is 0.868. The Morgan fingerprint density at radius 3 is 2.53 bits per heavy atom. The minimum Gasteiger partial charge on any atom is -0.467 e. The molecule has 0 aliphatic rings. The lowest BCUT2D eigenvalue weighted by molar-refractivity contribution is -0.147. The van der Waals surface area contributed by atoms with E-state index in [1.54, 1.807) is 30.3 Å². The van der Waals surface area contributed by atoms with Crippen molar-refractivity contribution < 1.29 is 19.2 Å². The Balaban J connectivity index is 2.34. The molecule has 1 amide bonds. The normalized spacial score (nSPS) is 9.40. The Labute approximate surface area is 86.9 Å². The minimum absolute atomic E-state index is 0.310. The molecule has 0 spiro atoms. The quantitative estimate of drug-likeness (QED) is 0.580. The number of hydrogen-bond donors (Lipinski definition) is 1. The van der Waals surface area contributed by atoms with Crippen molar-refractivity contribution in [2.45, 2.75) is 0 Å². The molecular formula is C10H11NO4. The van der Waals surface area contributed by atoms with Crippen LogP contribution in [0.5, 0.6) is 0 Å². The van der Waals surface area contributed by atoms with Gasteiger partial charge >= 0.3 is 5.97 Å². The Kier molecular flexibility index (Phi) is 4.30. The Hall–Kier alpha value is -1.88. The second-order valence-corrected chi connectivity index (χ2v) is 2.66. The number of nitrogens with one attached hydrogen (secondary N) is 1. The average molecular weight is 209 g/mol. The number of carbonyl (C=O) groups excluding carboxylic acids is 2. The zero-order valence-corrected chi connectivity index (χ0v) is 8.23. The van der Waals surface area contributed by atoms with Gasteiger partial charge < -0.3 is 4.74 Å². The molecule has 0 aliphatic heterocycles. The van der Waals surface area contributed by atoms with Gasteiger partial charge in [-0.1, -0.05) is 18.2 Å². The summed E-state index contributed by atoms with van der Waals surface area (Å²) in [6.07, 6.45) is 0. The first-order valence-corrected chi connectivity index (χ1v) is 4.28. The molecular weight excluding hydrogens is 198 g/mol. The average Bonchev–Trinajstić information content (AvgIpc) is 2.29. The van der Waals surface area contributed by atoms with Crippen molar-refractivity contribution >= 4 is 11.9 Å². The van der Waals surface area contributed by atoms with E-state index in [-0.39, 0.29) is 6.61 Å². The van der Waals surface area contributed by atoms with Gasteiger partial charge in [0.2, 0.25) is 0 Å².